The fourth-order valence-electron chi connectivity index (χ4n) is 3.75. The smallest absolute Gasteiger partial charge is 0.348 e. The molecule has 0 unspecified atom stereocenters. The zero-order chi connectivity index (χ0) is 20.5. The highest BCUT2D eigenvalue weighted by molar-refractivity contribution is 7.20. The van der Waals surface area contributed by atoms with Gasteiger partial charge in [0, 0.05) is 36.9 Å². The van der Waals surface area contributed by atoms with Gasteiger partial charge in [-0.3, -0.25) is 9.48 Å². The number of hydrogen-bond donors (Lipinski definition) is 1. The minimum atomic E-state index is -0.499. The average molecular weight is 413 g/mol. The quantitative estimate of drug-likeness (QED) is 0.648. The first-order valence-electron chi connectivity index (χ1n) is 9.68. The molecule has 1 aliphatic heterocycles. The van der Waals surface area contributed by atoms with Crippen LogP contribution < -0.4 is 10.2 Å². The number of aryl methyl sites for hydroxylation is 3. The van der Waals surface area contributed by atoms with Gasteiger partial charge >= 0.3 is 5.97 Å². The summed E-state index contributed by atoms with van der Waals surface area (Å²) in [5, 5.41) is 8.05. The van der Waals surface area contributed by atoms with Crippen LogP contribution in [0.4, 0.5) is 11.4 Å². The van der Waals surface area contributed by atoms with E-state index in [1.165, 1.54) is 29.9 Å². The number of aromatic nitrogens is 2. The number of amides is 1. The number of rotatable bonds is 5. The minimum Gasteiger partial charge on any atom is -0.451 e. The van der Waals surface area contributed by atoms with E-state index in [1.54, 1.807) is 10.7 Å². The molecule has 0 bridgehead atoms. The molecule has 4 rings (SSSR count). The van der Waals surface area contributed by atoms with E-state index in [-0.39, 0.29) is 12.5 Å². The van der Waals surface area contributed by atoms with E-state index in [0.717, 1.165) is 34.6 Å². The van der Waals surface area contributed by atoms with Crippen molar-refractivity contribution in [3.05, 3.63) is 40.4 Å². The molecule has 3 aromatic rings. The van der Waals surface area contributed by atoms with Gasteiger partial charge in [-0.25, -0.2) is 4.79 Å². The molecule has 0 atom stereocenters. The number of anilines is 2. The van der Waals surface area contributed by atoms with Crippen molar-refractivity contribution >= 4 is 44.8 Å². The zero-order valence-corrected chi connectivity index (χ0v) is 17.6. The summed E-state index contributed by atoms with van der Waals surface area (Å²) in [6.45, 7) is 5.78. The monoisotopic (exact) mass is 412 g/mol. The second-order valence-electron chi connectivity index (χ2n) is 7.36. The molecule has 152 valence electrons. The number of carbonyl (C=O) groups is 2. The second kappa shape index (κ2) is 7.87. The van der Waals surface area contributed by atoms with E-state index in [2.05, 4.69) is 15.3 Å². The van der Waals surface area contributed by atoms with Crippen molar-refractivity contribution in [2.24, 2.45) is 7.05 Å². The first-order chi connectivity index (χ1) is 13.9. The lowest BCUT2D eigenvalue weighted by Crippen LogP contribution is -2.21. The molecule has 3 heterocycles. The van der Waals surface area contributed by atoms with Crippen LogP contribution >= 0.6 is 11.3 Å². The molecule has 1 N–H and O–H groups in total. The lowest BCUT2D eigenvalue weighted by atomic mass is 10.1. The van der Waals surface area contributed by atoms with E-state index in [4.69, 9.17) is 4.74 Å². The van der Waals surface area contributed by atoms with Gasteiger partial charge in [-0.1, -0.05) is 0 Å². The van der Waals surface area contributed by atoms with Crippen molar-refractivity contribution in [3.8, 4) is 0 Å². The third kappa shape index (κ3) is 3.98. The Hall–Kier alpha value is -2.87. The Morgan fingerprint density at radius 1 is 1.21 bits per heavy atom. The van der Waals surface area contributed by atoms with Crippen LogP contribution in [0.15, 0.2) is 24.3 Å². The maximum atomic E-state index is 12.3. The normalized spacial score (nSPS) is 13.8. The van der Waals surface area contributed by atoms with E-state index >= 15 is 0 Å². The number of esters is 1. The first kappa shape index (κ1) is 19.4. The number of carbonyl (C=O) groups excluding carboxylic acids is 2. The van der Waals surface area contributed by atoms with Crippen molar-refractivity contribution in [2.45, 2.75) is 26.7 Å². The van der Waals surface area contributed by atoms with Gasteiger partial charge in [-0.05, 0) is 56.5 Å². The molecule has 0 saturated carbocycles. The molecule has 1 saturated heterocycles. The van der Waals surface area contributed by atoms with Gasteiger partial charge in [0.2, 0.25) is 0 Å². The maximum Gasteiger partial charge on any atom is 0.348 e. The summed E-state index contributed by atoms with van der Waals surface area (Å²) in [7, 11) is 1.84. The molecule has 1 aliphatic rings. The molecule has 0 radical (unpaired) electrons. The average Bonchev–Trinajstić information content (AvgIpc) is 3.40. The van der Waals surface area contributed by atoms with Crippen LogP contribution in [0.5, 0.6) is 0 Å². The SMILES string of the molecule is Cc1cc(NC(=O)COC(=O)c2cc3c(C)nn(C)c3s2)ccc1N1CCCC1. The molecule has 0 spiro atoms. The Morgan fingerprint density at radius 2 is 1.97 bits per heavy atom. The molecule has 29 heavy (non-hydrogen) atoms. The highest BCUT2D eigenvalue weighted by Gasteiger charge is 2.18. The van der Waals surface area contributed by atoms with Gasteiger partial charge in [0.05, 0.1) is 5.69 Å². The zero-order valence-electron chi connectivity index (χ0n) is 16.8. The number of ether oxygens (including phenoxy) is 1. The lowest BCUT2D eigenvalue weighted by molar-refractivity contribution is -0.119. The Morgan fingerprint density at radius 3 is 2.66 bits per heavy atom. The summed E-state index contributed by atoms with van der Waals surface area (Å²) >= 11 is 1.31. The Kier molecular flexibility index (Phi) is 5.27. The molecule has 8 heteroatoms. The maximum absolute atomic E-state index is 12.3. The van der Waals surface area contributed by atoms with E-state index in [1.807, 2.05) is 39.1 Å². The third-order valence-electron chi connectivity index (χ3n) is 5.16. The number of nitrogens with one attached hydrogen (secondary N) is 1. The van der Waals surface area contributed by atoms with Crippen molar-refractivity contribution < 1.29 is 14.3 Å². The molecule has 0 aliphatic carbocycles. The Balaban J connectivity index is 1.35. The van der Waals surface area contributed by atoms with Crippen LogP contribution in [-0.4, -0.2) is 41.4 Å². The molecule has 2 aromatic heterocycles. The Labute approximate surface area is 173 Å². The van der Waals surface area contributed by atoms with Gasteiger partial charge < -0.3 is 15.0 Å². The number of nitrogens with zero attached hydrogens (tertiary/aromatic N) is 3. The van der Waals surface area contributed by atoms with Gasteiger partial charge in [-0.15, -0.1) is 11.3 Å². The van der Waals surface area contributed by atoms with Crippen LogP contribution in [-0.2, 0) is 16.6 Å². The number of fused-ring (bicyclic) bond motifs is 1. The van der Waals surface area contributed by atoms with Crippen LogP contribution in [0.3, 0.4) is 0 Å². The van der Waals surface area contributed by atoms with Crippen LogP contribution in [0.2, 0.25) is 0 Å². The van der Waals surface area contributed by atoms with E-state index in [9.17, 15) is 9.59 Å². The van der Waals surface area contributed by atoms with Gasteiger partial charge in [0.25, 0.3) is 5.91 Å². The fraction of sp³-hybridized carbons (Fsp3) is 0.381. The predicted molar refractivity (Wildman–Crippen MR) is 115 cm³/mol. The van der Waals surface area contributed by atoms with Crippen LogP contribution in [0, 0.1) is 13.8 Å². The second-order valence-corrected chi connectivity index (χ2v) is 8.39. The lowest BCUT2D eigenvalue weighted by Gasteiger charge is -2.20. The predicted octanol–water partition coefficient (Wildman–Crippen LogP) is 3.65. The van der Waals surface area contributed by atoms with Crippen LogP contribution in [0.1, 0.15) is 33.8 Å². The number of hydrogen-bond acceptors (Lipinski definition) is 6. The molecular weight excluding hydrogens is 388 g/mol. The molecule has 1 fully saturated rings. The van der Waals surface area contributed by atoms with Gasteiger partial charge in [0.1, 0.15) is 9.71 Å². The van der Waals surface area contributed by atoms with E-state index < -0.39 is 5.97 Å². The number of benzene rings is 1. The van der Waals surface area contributed by atoms with Gasteiger partial charge in [-0.2, -0.15) is 5.10 Å². The van der Waals surface area contributed by atoms with Gasteiger partial charge in [0.15, 0.2) is 6.61 Å². The highest BCUT2D eigenvalue weighted by Crippen LogP contribution is 2.28. The summed E-state index contributed by atoms with van der Waals surface area (Å²) in [4.78, 5) is 28.3. The van der Waals surface area contributed by atoms with E-state index in [0.29, 0.717) is 10.6 Å². The summed E-state index contributed by atoms with van der Waals surface area (Å²) in [6.07, 6.45) is 2.44. The minimum absolute atomic E-state index is 0.322. The van der Waals surface area contributed by atoms with Crippen LogP contribution in [0.25, 0.3) is 10.2 Å². The van der Waals surface area contributed by atoms with Crippen molar-refractivity contribution in [1.29, 1.82) is 0 Å². The summed E-state index contributed by atoms with van der Waals surface area (Å²) in [5.41, 5.74) is 3.90. The molecule has 7 nitrogen and oxygen atoms in total. The van der Waals surface area contributed by atoms with Crippen molar-refractivity contribution in [2.75, 3.05) is 29.9 Å². The first-order valence-corrected chi connectivity index (χ1v) is 10.5. The molecule has 1 aromatic carbocycles. The highest BCUT2D eigenvalue weighted by atomic mass is 32.1. The summed E-state index contributed by atoms with van der Waals surface area (Å²) in [5.74, 6) is -0.855. The summed E-state index contributed by atoms with van der Waals surface area (Å²) < 4.78 is 6.94. The Bertz CT molecular complexity index is 1040. The standard InChI is InChI=1S/C21H24N4O3S/c1-13-10-15(6-7-17(13)25-8-4-5-9-25)22-19(26)12-28-21(27)18-11-16-14(2)23-24(3)20(16)29-18/h6-7,10-11H,4-5,8-9,12H2,1-3H3,(H,22,26). The molecule has 1 amide bonds. The van der Waals surface area contributed by atoms with Crippen molar-refractivity contribution in [3.63, 3.8) is 0 Å². The topological polar surface area (TPSA) is 76.5 Å². The largest absolute Gasteiger partial charge is 0.451 e. The number of thiophene rings is 1. The summed E-state index contributed by atoms with van der Waals surface area (Å²) in [6, 6.07) is 7.65. The third-order valence-corrected chi connectivity index (χ3v) is 6.34. The fourth-order valence-corrected chi connectivity index (χ4v) is 4.77. The molecular formula is C21H24N4O3S. The van der Waals surface area contributed by atoms with Crippen molar-refractivity contribution in [1.82, 2.24) is 9.78 Å².